The fourth-order valence-corrected chi connectivity index (χ4v) is 3.31. The molecule has 1 atom stereocenters. The number of aliphatic imine (C=N–C) groups is 1. The van der Waals surface area contributed by atoms with Crippen LogP contribution in [0.1, 0.15) is 33.0 Å². The second kappa shape index (κ2) is 11.5. The van der Waals surface area contributed by atoms with Crippen molar-refractivity contribution in [3.05, 3.63) is 108 Å². The van der Waals surface area contributed by atoms with E-state index in [0.29, 0.717) is 17.0 Å². The van der Waals surface area contributed by atoms with Crippen LogP contribution < -0.4 is 15.8 Å². The molecular formula is C27H27N3O3. The summed E-state index contributed by atoms with van der Waals surface area (Å²) in [6.07, 6.45) is 3.19. The van der Waals surface area contributed by atoms with E-state index >= 15 is 0 Å². The summed E-state index contributed by atoms with van der Waals surface area (Å²) < 4.78 is 5.60. The summed E-state index contributed by atoms with van der Waals surface area (Å²) in [6.45, 7) is 5.61. The first-order chi connectivity index (χ1) is 16.0. The second-order valence-corrected chi connectivity index (χ2v) is 7.46. The van der Waals surface area contributed by atoms with E-state index in [-0.39, 0.29) is 24.8 Å². The number of nitrogens with two attached hydrogens (primary N) is 1. The number of ketones is 1. The molecule has 0 spiro atoms. The molecule has 3 rings (SSSR count). The van der Waals surface area contributed by atoms with Gasteiger partial charge in [0.05, 0.1) is 5.92 Å². The van der Waals surface area contributed by atoms with Gasteiger partial charge in [-0.15, -0.1) is 0 Å². The molecule has 0 aromatic heterocycles. The Morgan fingerprint density at radius 1 is 1.09 bits per heavy atom. The number of aryl methyl sites for hydroxylation is 1. The Morgan fingerprint density at radius 2 is 1.82 bits per heavy atom. The van der Waals surface area contributed by atoms with Gasteiger partial charge < -0.3 is 15.8 Å². The van der Waals surface area contributed by atoms with Crippen molar-refractivity contribution in [2.45, 2.75) is 12.8 Å². The van der Waals surface area contributed by atoms with Crippen LogP contribution in [0.3, 0.4) is 0 Å². The highest BCUT2D eigenvalue weighted by Gasteiger charge is 2.19. The van der Waals surface area contributed by atoms with Gasteiger partial charge in [-0.05, 0) is 47.9 Å². The first-order valence-electron chi connectivity index (χ1n) is 10.6. The van der Waals surface area contributed by atoms with Crippen LogP contribution in [0.25, 0.3) is 0 Å². The van der Waals surface area contributed by atoms with Gasteiger partial charge in [-0.25, -0.2) is 0 Å². The van der Waals surface area contributed by atoms with Crippen molar-refractivity contribution in [2.75, 3.05) is 18.5 Å². The second-order valence-electron chi connectivity index (χ2n) is 7.46. The fourth-order valence-electron chi connectivity index (χ4n) is 3.31. The van der Waals surface area contributed by atoms with Crippen molar-refractivity contribution in [3.63, 3.8) is 0 Å². The number of nitrogens with zero attached hydrogens (tertiary/aromatic N) is 1. The standard InChI is InChI=1S/C27H27N3O3/c1-3-29-17-22-9-12-23(15-19(22)2)30-27(32)25(16-28)20-10-13-24(14-11-20)33-18-26(31)21-7-5-4-6-8-21/h3-15,17,25H,1,16,18,28H2,2H3,(H,30,32). The predicted octanol–water partition coefficient (Wildman–Crippen LogP) is 4.50. The van der Waals surface area contributed by atoms with E-state index < -0.39 is 5.92 Å². The maximum Gasteiger partial charge on any atom is 0.233 e. The van der Waals surface area contributed by atoms with Crippen molar-refractivity contribution in [2.24, 2.45) is 10.7 Å². The molecule has 3 aromatic carbocycles. The van der Waals surface area contributed by atoms with Gasteiger partial charge in [0.2, 0.25) is 5.91 Å². The van der Waals surface area contributed by atoms with E-state index in [1.807, 2.05) is 43.3 Å². The summed E-state index contributed by atoms with van der Waals surface area (Å²) in [5, 5.41) is 2.93. The maximum absolute atomic E-state index is 12.9. The van der Waals surface area contributed by atoms with Gasteiger partial charge in [0.15, 0.2) is 12.4 Å². The minimum absolute atomic E-state index is 0.0585. The average molecular weight is 442 g/mol. The third-order valence-corrected chi connectivity index (χ3v) is 5.16. The van der Waals surface area contributed by atoms with Gasteiger partial charge in [-0.2, -0.15) is 0 Å². The zero-order chi connectivity index (χ0) is 23.6. The molecule has 1 unspecified atom stereocenters. The lowest BCUT2D eigenvalue weighted by atomic mass is 9.98. The zero-order valence-electron chi connectivity index (χ0n) is 18.5. The van der Waals surface area contributed by atoms with E-state index in [4.69, 9.17) is 10.5 Å². The molecule has 0 saturated carbocycles. The number of carbonyl (C=O) groups excluding carboxylic acids is 2. The molecule has 0 radical (unpaired) electrons. The quantitative estimate of drug-likeness (QED) is 0.358. The highest BCUT2D eigenvalue weighted by Crippen LogP contribution is 2.22. The van der Waals surface area contributed by atoms with Crippen LogP contribution in [-0.4, -0.2) is 31.1 Å². The van der Waals surface area contributed by atoms with Crippen LogP contribution in [0.15, 0.2) is 90.6 Å². The van der Waals surface area contributed by atoms with Crippen molar-refractivity contribution in [1.82, 2.24) is 0 Å². The number of nitrogens with one attached hydrogen (secondary N) is 1. The van der Waals surface area contributed by atoms with Crippen molar-refractivity contribution in [3.8, 4) is 5.75 Å². The minimum Gasteiger partial charge on any atom is -0.485 e. The van der Waals surface area contributed by atoms with E-state index in [2.05, 4.69) is 16.9 Å². The number of ether oxygens (including phenoxy) is 1. The van der Waals surface area contributed by atoms with E-state index in [9.17, 15) is 9.59 Å². The van der Waals surface area contributed by atoms with E-state index in [1.165, 1.54) is 6.20 Å². The van der Waals surface area contributed by atoms with E-state index in [0.717, 1.165) is 16.7 Å². The largest absolute Gasteiger partial charge is 0.485 e. The molecule has 0 heterocycles. The summed E-state index contributed by atoms with van der Waals surface area (Å²) in [4.78, 5) is 29.1. The van der Waals surface area contributed by atoms with Crippen LogP contribution in [0, 0.1) is 6.92 Å². The number of hydrogen-bond acceptors (Lipinski definition) is 5. The summed E-state index contributed by atoms with van der Waals surface area (Å²) in [6, 6.07) is 21.6. The van der Waals surface area contributed by atoms with Crippen molar-refractivity contribution >= 4 is 23.6 Å². The van der Waals surface area contributed by atoms with Crippen LogP contribution in [0.2, 0.25) is 0 Å². The highest BCUT2D eigenvalue weighted by molar-refractivity contribution is 5.97. The molecule has 0 aliphatic carbocycles. The molecule has 3 N–H and O–H groups in total. The molecule has 1 amide bonds. The molecule has 6 nitrogen and oxygen atoms in total. The number of amides is 1. The SMILES string of the molecule is C=CN=Cc1ccc(NC(=O)C(CN)c2ccc(OCC(=O)c3ccccc3)cc2)cc1C. The first kappa shape index (κ1) is 23.6. The van der Waals surface area contributed by atoms with Gasteiger partial charge in [-0.1, -0.05) is 55.1 Å². The molecule has 33 heavy (non-hydrogen) atoms. The lowest BCUT2D eigenvalue weighted by Crippen LogP contribution is -2.27. The Bertz CT molecular complexity index is 1140. The Labute approximate surface area is 193 Å². The molecular weight excluding hydrogens is 414 g/mol. The molecule has 0 aliphatic rings. The van der Waals surface area contributed by atoms with Gasteiger partial charge in [-0.3, -0.25) is 14.6 Å². The number of benzene rings is 3. The monoisotopic (exact) mass is 441 g/mol. The molecule has 0 fully saturated rings. The summed E-state index contributed by atoms with van der Waals surface area (Å²) in [7, 11) is 0. The fraction of sp³-hybridized carbons (Fsp3) is 0.148. The molecule has 0 bridgehead atoms. The smallest absolute Gasteiger partial charge is 0.233 e. The third kappa shape index (κ3) is 6.48. The van der Waals surface area contributed by atoms with E-state index in [1.54, 1.807) is 42.6 Å². The molecule has 0 saturated heterocycles. The molecule has 3 aromatic rings. The lowest BCUT2D eigenvalue weighted by molar-refractivity contribution is -0.117. The van der Waals surface area contributed by atoms with Gasteiger partial charge in [0, 0.05) is 30.2 Å². The molecule has 6 heteroatoms. The Hall–Kier alpha value is -4.03. The maximum atomic E-state index is 12.9. The number of hydrogen-bond donors (Lipinski definition) is 2. The average Bonchev–Trinajstić information content (AvgIpc) is 2.84. The van der Waals surface area contributed by atoms with Crippen LogP contribution in [0.4, 0.5) is 5.69 Å². The number of carbonyl (C=O) groups is 2. The number of anilines is 1. The zero-order valence-corrected chi connectivity index (χ0v) is 18.5. The van der Waals surface area contributed by atoms with Crippen LogP contribution >= 0.6 is 0 Å². The Balaban J connectivity index is 1.62. The van der Waals surface area contributed by atoms with Crippen molar-refractivity contribution < 1.29 is 14.3 Å². The molecule has 0 aliphatic heterocycles. The van der Waals surface area contributed by atoms with Crippen LogP contribution in [-0.2, 0) is 4.79 Å². The topological polar surface area (TPSA) is 93.8 Å². The minimum atomic E-state index is -0.521. The van der Waals surface area contributed by atoms with Crippen LogP contribution in [0.5, 0.6) is 5.75 Å². The van der Waals surface area contributed by atoms with Gasteiger partial charge in [0.1, 0.15) is 5.75 Å². The Kier molecular flexibility index (Phi) is 8.27. The predicted molar refractivity (Wildman–Crippen MR) is 132 cm³/mol. The number of rotatable bonds is 10. The first-order valence-corrected chi connectivity index (χ1v) is 10.6. The summed E-state index contributed by atoms with van der Waals surface area (Å²) in [5.41, 5.74) is 9.89. The summed E-state index contributed by atoms with van der Waals surface area (Å²) >= 11 is 0. The normalized spacial score (nSPS) is 11.7. The third-order valence-electron chi connectivity index (χ3n) is 5.16. The van der Waals surface area contributed by atoms with Crippen molar-refractivity contribution in [1.29, 1.82) is 0 Å². The summed E-state index contributed by atoms with van der Waals surface area (Å²) in [5.74, 6) is -0.271. The molecule has 168 valence electrons. The highest BCUT2D eigenvalue weighted by atomic mass is 16.5. The van der Waals surface area contributed by atoms with Gasteiger partial charge >= 0.3 is 0 Å². The van der Waals surface area contributed by atoms with Gasteiger partial charge in [0.25, 0.3) is 0 Å². The lowest BCUT2D eigenvalue weighted by Gasteiger charge is -2.16. The Morgan fingerprint density at radius 3 is 2.45 bits per heavy atom. The number of Topliss-reactive ketones (excluding diaryl/α,β-unsaturated/α-hetero) is 1.